The number of ketones is 1. The van der Waals surface area contributed by atoms with Crippen molar-refractivity contribution in [3.05, 3.63) is 65.4 Å². The maximum atomic E-state index is 12.4. The van der Waals surface area contributed by atoms with E-state index in [2.05, 4.69) is 16.4 Å². The first-order chi connectivity index (χ1) is 11.5. The minimum atomic E-state index is -0.308. The van der Waals surface area contributed by atoms with Crippen molar-refractivity contribution in [2.24, 2.45) is 5.41 Å². The summed E-state index contributed by atoms with van der Waals surface area (Å²) in [7, 11) is 0. The summed E-state index contributed by atoms with van der Waals surface area (Å²) in [5.41, 5.74) is 5.50. The quantitative estimate of drug-likeness (QED) is 0.717. The molecule has 2 aromatic carbocycles. The molecule has 0 saturated carbocycles. The normalized spacial score (nSPS) is 15.5. The highest BCUT2D eigenvalue weighted by molar-refractivity contribution is 6.04. The lowest BCUT2D eigenvalue weighted by Crippen LogP contribution is -2.18. The Labute approximate surface area is 141 Å². The van der Waals surface area contributed by atoms with E-state index >= 15 is 0 Å². The third-order valence-electron chi connectivity index (χ3n) is 4.77. The summed E-state index contributed by atoms with van der Waals surface area (Å²) in [6.07, 6.45) is 0.779. The van der Waals surface area contributed by atoms with Crippen LogP contribution in [0.2, 0.25) is 0 Å². The first-order valence-electron chi connectivity index (χ1n) is 8.13. The van der Waals surface area contributed by atoms with Crippen LogP contribution in [0.1, 0.15) is 35.5 Å². The lowest BCUT2D eigenvalue weighted by Gasteiger charge is -2.12. The van der Waals surface area contributed by atoms with Crippen LogP contribution in [0.5, 0.6) is 0 Å². The topological polar surface area (TPSA) is 47.8 Å². The van der Waals surface area contributed by atoms with Crippen LogP contribution < -0.4 is 0 Å². The predicted molar refractivity (Wildman–Crippen MR) is 93.3 cm³/mol. The Bertz CT molecular complexity index is 939. The Hall–Kier alpha value is -2.75. The fourth-order valence-corrected chi connectivity index (χ4v) is 3.44. The number of hydrogen-bond acceptors (Lipinski definition) is 3. The van der Waals surface area contributed by atoms with Crippen molar-refractivity contribution in [1.82, 2.24) is 15.0 Å². The van der Waals surface area contributed by atoms with Crippen molar-refractivity contribution >= 4 is 5.78 Å². The van der Waals surface area contributed by atoms with Gasteiger partial charge in [0.2, 0.25) is 0 Å². The van der Waals surface area contributed by atoms with Crippen LogP contribution >= 0.6 is 0 Å². The minimum absolute atomic E-state index is 0.230. The van der Waals surface area contributed by atoms with E-state index in [-0.39, 0.29) is 11.2 Å². The summed E-state index contributed by atoms with van der Waals surface area (Å²) in [6.45, 7) is 6.03. The Kier molecular flexibility index (Phi) is 3.17. The summed E-state index contributed by atoms with van der Waals surface area (Å²) < 4.78 is 1.84. The van der Waals surface area contributed by atoms with Gasteiger partial charge in [0.15, 0.2) is 5.78 Å². The molecule has 0 atom stereocenters. The lowest BCUT2D eigenvalue weighted by molar-refractivity contribution is 0.0863. The number of rotatable bonds is 2. The average molecular weight is 317 g/mol. The lowest BCUT2D eigenvalue weighted by atomic mass is 9.89. The molecular formula is C20H19N3O. The zero-order valence-electron chi connectivity index (χ0n) is 14.1. The van der Waals surface area contributed by atoms with Crippen LogP contribution in [0.15, 0.2) is 48.5 Å². The van der Waals surface area contributed by atoms with Crippen LogP contribution in [0.3, 0.4) is 0 Å². The van der Waals surface area contributed by atoms with Crippen molar-refractivity contribution in [2.45, 2.75) is 27.2 Å². The van der Waals surface area contributed by atoms with E-state index in [0.717, 1.165) is 40.2 Å². The van der Waals surface area contributed by atoms with E-state index in [9.17, 15) is 4.79 Å². The van der Waals surface area contributed by atoms with Gasteiger partial charge in [-0.25, -0.2) is 4.68 Å². The largest absolute Gasteiger partial charge is 0.294 e. The van der Waals surface area contributed by atoms with Crippen molar-refractivity contribution in [2.75, 3.05) is 0 Å². The maximum Gasteiger partial charge on any atom is 0.169 e. The molecule has 0 spiro atoms. The molecule has 1 aliphatic carbocycles. The Morgan fingerprint density at radius 1 is 1.08 bits per heavy atom. The van der Waals surface area contributed by atoms with Crippen molar-refractivity contribution < 1.29 is 4.79 Å². The van der Waals surface area contributed by atoms with E-state index < -0.39 is 0 Å². The zero-order chi connectivity index (χ0) is 16.9. The summed E-state index contributed by atoms with van der Waals surface area (Å²) in [5, 5.41) is 8.67. The SMILES string of the molecule is Cc1c(-c2ccc3c(c2)CC(C)(C)C3=O)nnn1-c1ccccc1. The van der Waals surface area contributed by atoms with Gasteiger partial charge in [0, 0.05) is 16.5 Å². The summed E-state index contributed by atoms with van der Waals surface area (Å²) in [5.74, 6) is 0.230. The molecule has 120 valence electrons. The highest BCUT2D eigenvalue weighted by Gasteiger charge is 2.37. The van der Waals surface area contributed by atoms with Gasteiger partial charge in [-0.2, -0.15) is 0 Å². The Morgan fingerprint density at radius 3 is 2.58 bits per heavy atom. The highest BCUT2D eigenvalue weighted by atomic mass is 16.1. The van der Waals surface area contributed by atoms with Gasteiger partial charge >= 0.3 is 0 Å². The van der Waals surface area contributed by atoms with Crippen LogP contribution in [-0.4, -0.2) is 20.8 Å². The number of nitrogens with zero attached hydrogens (tertiary/aromatic N) is 3. The molecule has 1 aromatic heterocycles. The minimum Gasteiger partial charge on any atom is -0.294 e. The number of benzene rings is 2. The number of Topliss-reactive ketones (excluding diaryl/α,β-unsaturated/α-hetero) is 1. The van der Waals surface area contributed by atoms with Crippen molar-refractivity contribution in [1.29, 1.82) is 0 Å². The molecule has 0 fully saturated rings. The first-order valence-corrected chi connectivity index (χ1v) is 8.13. The second-order valence-electron chi connectivity index (χ2n) is 7.03. The third-order valence-corrected chi connectivity index (χ3v) is 4.77. The summed E-state index contributed by atoms with van der Waals surface area (Å²) in [6, 6.07) is 16.0. The smallest absolute Gasteiger partial charge is 0.169 e. The standard InChI is InChI=1S/C20H19N3O/c1-13-18(21-22-23(13)16-7-5-4-6-8-16)14-9-10-17-15(11-14)12-20(2,3)19(17)24/h4-11H,12H2,1-3H3. The number of hydrogen-bond donors (Lipinski definition) is 0. The molecular weight excluding hydrogens is 298 g/mol. The van der Waals surface area contributed by atoms with Gasteiger partial charge in [0.25, 0.3) is 0 Å². The van der Waals surface area contributed by atoms with Gasteiger partial charge in [-0.15, -0.1) is 5.10 Å². The number of para-hydroxylation sites is 1. The Morgan fingerprint density at radius 2 is 1.83 bits per heavy atom. The predicted octanol–water partition coefficient (Wildman–Crippen LogP) is 4.01. The number of carbonyl (C=O) groups excluding carboxylic acids is 1. The second-order valence-corrected chi connectivity index (χ2v) is 7.03. The van der Waals surface area contributed by atoms with E-state index in [1.807, 2.05) is 67.9 Å². The monoisotopic (exact) mass is 317 g/mol. The van der Waals surface area contributed by atoms with Crippen LogP contribution in [0.4, 0.5) is 0 Å². The fraction of sp³-hybridized carbons (Fsp3) is 0.250. The highest BCUT2D eigenvalue weighted by Crippen LogP contribution is 2.38. The van der Waals surface area contributed by atoms with Crippen LogP contribution in [0, 0.1) is 12.3 Å². The van der Waals surface area contributed by atoms with Gasteiger partial charge < -0.3 is 0 Å². The Balaban J connectivity index is 1.77. The van der Waals surface area contributed by atoms with Crippen LogP contribution in [-0.2, 0) is 6.42 Å². The molecule has 0 unspecified atom stereocenters. The molecule has 0 bridgehead atoms. The maximum absolute atomic E-state index is 12.4. The molecule has 1 aliphatic rings. The molecule has 0 saturated heterocycles. The molecule has 0 amide bonds. The van der Waals surface area contributed by atoms with E-state index in [4.69, 9.17) is 0 Å². The van der Waals surface area contributed by atoms with Gasteiger partial charge in [-0.3, -0.25) is 4.79 Å². The van der Waals surface area contributed by atoms with Gasteiger partial charge in [-0.1, -0.05) is 49.4 Å². The van der Waals surface area contributed by atoms with E-state index in [1.165, 1.54) is 0 Å². The van der Waals surface area contributed by atoms with Crippen molar-refractivity contribution in [3.8, 4) is 16.9 Å². The third kappa shape index (κ3) is 2.18. The number of aromatic nitrogens is 3. The summed E-state index contributed by atoms with van der Waals surface area (Å²) >= 11 is 0. The molecule has 4 nitrogen and oxygen atoms in total. The van der Waals surface area contributed by atoms with E-state index in [0.29, 0.717) is 0 Å². The van der Waals surface area contributed by atoms with E-state index in [1.54, 1.807) is 0 Å². The average Bonchev–Trinajstić information content (AvgIpc) is 3.06. The van der Waals surface area contributed by atoms with Gasteiger partial charge in [0.05, 0.1) is 11.4 Å². The zero-order valence-corrected chi connectivity index (χ0v) is 14.1. The molecule has 4 rings (SSSR count). The number of carbonyl (C=O) groups is 1. The molecule has 4 heteroatoms. The summed E-state index contributed by atoms with van der Waals surface area (Å²) in [4.78, 5) is 12.4. The molecule has 0 aliphatic heterocycles. The fourth-order valence-electron chi connectivity index (χ4n) is 3.44. The molecule has 3 aromatic rings. The van der Waals surface area contributed by atoms with Gasteiger partial charge in [0.1, 0.15) is 5.69 Å². The van der Waals surface area contributed by atoms with Crippen LogP contribution in [0.25, 0.3) is 16.9 Å². The van der Waals surface area contributed by atoms with Gasteiger partial charge in [-0.05, 0) is 37.1 Å². The molecule has 0 N–H and O–H groups in total. The van der Waals surface area contributed by atoms with Crippen molar-refractivity contribution in [3.63, 3.8) is 0 Å². The second kappa shape index (κ2) is 5.13. The molecule has 0 radical (unpaired) electrons. The molecule has 24 heavy (non-hydrogen) atoms. The number of fused-ring (bicyclic) bond motifs is 1. The molecule has 1 heterocycles. The first kappa shape index (κ1) is 14.8.